The summed E-state index contributed by atoms with van der Waals surface area (Å²) < 4.78 is 5.64. The molecule has 5 nitrogen and oxygen atoms in total. The second-order valence-electron chi connectivity index (χ2n) is 6.14. The molecule has 1 aliphatic rings. The molecule has 2 aromatic rings. The molecule has 0 saturated carbocycles. The highest BCUT2D eigenvalue weighted by Gasteiger charge is 2.29. The Morgan fingerprint density at radius 2 is 1.92 bits per heavy atom. The van der Waals surface area contributed by atoms with Gasteiger partial charge in [-0.3, -0.25) is 9.59 Å². The van der Waals surface area contributed by atoms with E-state index < -0.39 is 6.10 Å². The molecule has 0 radical (unpaired) electrons. The zero-order valence-electron chi connectivity index (χ0n) is 14.2. The molecule has 2 amide bonds. The van der Waals surface area contributed by atoms with Crippen molar-refractivity contribution in [3.8, 4) is 5.75 Å². The largest absolute Gasteiger partial charge is 0.478 e. The monoisotopic (exact) mass is 338 g/mol. The molecule has 0 aromatic heterocycles. The van der Waals surface area contributed by atoms with Crippen molar-refractivity contribution in [2.45, 2.75) is 38.7 Å². The SMILES string of the molecule is CCCCc1ccc(NC(=O)C[C@H]2Oc3ccccc3NC2=O)cc1. The van der Waals surface area contributed by atoms with Gasteiger partial charge in [-0.1, -0.05) is 37.6 Å². The average Bonchev–Trinajstić information content (AvgIpc) is 2.62. The first-order valence-corrected chi connectivity index (χ1v) is 8.61. The third-order valence-electron chi connectivity index (χ3n) is 4.13. The first-order valence-electron chi connectivity index (χ1n) is 8.61. The number of aryl methyl sites for hydroxylation is 1. The summed E-state index contributed by atoms with van der Waals surface area (Å²) in [5.74, 6) is 0.0322. The van der Waals surface area contributed by atoms with E-state index in [4.69, 9.17) is 4.74 Å². The summed E-state index contributed by atoms with van der Waals surface area (Å²) in [6.45, 7) is 2.16. The molecule has 1 atom stereocenters. The summed E-state index contributed by atoms with van der Waals surface area (Å²) in [5.41, 5.74) is 2.61. The Hall–Kier alpha value is -2.82. The van der Waals surface area contributed by atoms with Gasteiger partial charge in [-0.25, -0.2) is 0 Å². The Bertz CT molecular complexity index is 756. The fourth-order valence-electron chi connectivity index (χ4n) is 2.74. The Kier molecular flexibility index (Phi) is 5.33. The number of unbranched alkanes of at least 4 members (excludes halogenated alkanes) is 1. The molecular weight excluding hydrogens is 316 g/mol. The van der Waals surface area contributed by atoms with Crippen LogP contribution in [0.2, 0.25) is 0 Å². The molecule has 2 N–H and O–H groups in total. The number of fused-ring (bicyclic) bond motifs is 1. The molecule has 0 aliphatic carbocycles. The molecular formula is C20H22N2O3. The van der Waals surface area contributed by atoms with Gasteiger partial charge in [-0.15, -0.1) is 0 Å². The minimum atomic E-state index is -0.821. The van der Waals surface area contributed by atoms with Gasteiger partial charge >= 0.3 is 0 Å². The van der Waals surface area contributed by atoms with Crippen LogP contribution in [-0.2, 0) is 16.0 Å². The Morgan fingerprint density at radius 1 is 1.16 bits per heavy atom. The van der Waals surface area contributed by atoms with Gasteiger partial charge in [-0.2, -0.15) is 0 Å². The third-order valence-corrected chi connectivity index (χ3v) is 4.13. The van der Waals surface area contributed by atoms with Crippen molar-refractivity contribution in [2.75, 3.05) is 10.6 Å². The van der Waals surface area contributed by atoms with E-state index in [1.165, 1.54) is 5.56 Å². The Labute approximate surface area is 147 Å². The van der Waals surface area contributed by atoms with Gasteiger partial charge in [-0.05, 0) is 42.7 Å². The van der Waals surface area contributed by atoms with Crippen LogP contribution in [0, 0.1) is 0 Å². The van der Waals surface area contributed by atoms with E-state index in [1.54, 1.807) is 12.1 Å². The summed E-state index contributed by atoms with van der Waals surface area (Å²) in [6.07, 6.45) is 2.50. The lowest BCUT2D eigenvalue weighted by Crippen LogP contribution is -2.39. The lowest BCUT2D eigenvalue weighted by Gasteiger charge is -2.25. The summed E-state index contributed by atoms with van der Waals surface area (Å²) in [5, 5.41) is 5.58. The summed E-state index contributed by atoms with van der Waals surface area (Å²) in [4.78, 5) is 24.3. The van der Waals surface area contributed by atoms with Crippen molar-refractivity contribution in [2.24, 2.45) is 0 Å². The van der Waals surface area contributed by atoms with Crippen molar-refractivity contribution in [1.29, 1.82) is 0 Å². The molecule has 25 heavy (non-hydrogen) atoms. The second kappa shape index (κ2) is 7.83. The predicted octanol–water partition coefficient (Wildman–Crippen LogP) is 3.76. The van der Waals surface area contributed by atoms with Crippen molar-refractivity contribution in [3.05, 3.63) is 54.1 Å². The molecule has 0 bridgehead atoms. The second-order valence-corrected chi connectivity index (χ2v) is 6.14. The van der Waals surface area contributed by atoms with Crippen LogP contribution in [0.4, 0.5) is 11.4 Å². The van der Waals surface area contributed by atoms with Crippen molar-refractivity contribution in [1.82, 2.24) is 0 Å². The highest BCUT2D eigenvalue weighted by Crippen LogP contribution is 2.29. The van der Waals surface area contributed by atoms with E-state index in [1.807, 2.05) is 36.4 Å². The fourth-order valence-corrected chi connectivity index (χ4v) is 2.74. The van der Waals surface area contributed by atoms with Crippen LogP contribution < -0.4 is 15.4 Å². The van der Waals surface area contributed by atoms with Crippen molar-refractivity contribution < 1.29 is 14.3 Å². The van der Waals surface area contributed by atoms with Crippen LogP contribution in [-0.4, -0.2) is 17.9 Å². The highest BCUT2D eigenvalue weighted by atomic mass is 16.5. The number of rotatable bonds is 6. The molecule has 1 heterocycles. The van der Waals surface area contributed by atoms with E-state index in [0.717, 1.165) is 24.9 Å². The number of hydrogen-bond donors (Lipinski definition) is 2. The molecule has 0 saturated heterocycles. The number of hydrogen-bond acceptors (Lipinski definition) is 3. The van der Waals surface area contributed by atoms with Crippen molar-refractivity contribution >= 4 is 23.2 Å². The number of amides is 2. The molecule has 0 fully saturated rings. The number of para-hydroxylation sites is 2. The quantitative estimate of drug-likeness (QED) is 0.843. The van der Waals surface area contributed by atoms with Crippen LogP contribution in [0.25, 0.3) is 0 Å². The van der Waals surface area contributed by atoms with Gasteiger partial charge in [0.2, 0.25) is 5.91 Å². The zero-order valence-corrected chi connectivity index (χ0v) is 14.2. The number of nitrogens with one attached hydrogen (secondary N) is 2. The molecule has 1 aliphatic heterocycles. The van der Waals surface area contributed by atoms with Crippen LogP contribution in [0.3, 0.4) is 0 Å². The molecule has 5 heteroatoms. The topological polar surface area (TPSA) is 67.4 Å². The first kappa shape index (κ1) is 17.0. The van der Waals surface area contributed by atoms with Gasteiger partial charge in [0.1, 0.15) is 5.75 Å². The van der Waals surface area contributed by atoms with Crippen LogP contribution in [0.1, 0.15) is 31.7 Å². The van der Waals surface area contributed by atoms with E-state index in [2.05, 4.69) is 17.6 Å². The summed E-state index contributed by atoms with van der Waals surface area (Å²) in [6, 6.07) is 15.0. The van der Waals surface area contributed by atoms with Crippen LogP contribution in [0.15, 0.2) is 48.5 Å². The van der Waals surface area contributed by atoms with Gasteiger partial charge < -0.3 is 15.4 Å². The summed E-state index contributed by atoms with van der Waals surface area (Å²) >= 11 is 0. The molecule has 2 aromatic carbocycles. The maximum atomic E-state index is 12.2. The van der Waals surface area contributed by atoms with E-state index in [9.17, 15) is 9.59 Å². The van der Waals surface area contributed by atoms with E-state index in [0.29, 0.717) is 11.4 Å². The van der Waals surface area contributed by atoms with Gasteiger partial charge in [0.15, 0.2) is 6.10 Å². The molecule has 130 valence electrons. The van der Waals surface area contributed by atoms with Gasteiger partial charge in [0.25, 0.3) is 5.91 Å². The number of anilines is 2. The number of ether oxygens (including phenoxy) is 1. The molecule has 0 spiro atoms. The normalized spacial score (nSPS) is 15.7. The van der Waals surface area contributed by atoms with Gasteiger partial charge in [0.05, 0.1) is 12.1 Å². The highest BCUT2D eigenvalue weighted by molar-refractivity contribution is 6.01. The summed E-state index contributed by atoms with van der Waals surface area (Å²) in [7, 11) is 0. The standard InChI is InChI=1S/C20H22N2O3/c1-2-3-6-14-9-11-15(12-10-14)21-19(23)13-18-20(24)22-16-7-4-5-8-17(16)25-18/h4-5,7-12,18H,2-3,6,13H2,1H3,(H,21,23)(H,22,24)/t18-/m1/s1. The minimum Gasteiger partial charge on any atom is -0.478 e. The smallest absolute Gasteiger partial charge is 0.266 e. The van der Waals surface area contributed by atoms with Crippen LogP contribution >= 0.6 is 0 Å². The van der Waals surface area contributed by atoms with E-state index >= 15 is 0 Å². The maximum absolute atomic E-state index is 12.2. The van der Waals surface area contributed by atoms with Gasteiger partial charge in [0, 0.05) is 5.69 Å². The lowest BCUT2D eigenvalue weighted by molar-refractivity contribution is -0.128. The average molecular weight is 338 g/mol. The maximum Gasteiger partial charge on any atom is 0.266 e. The number of benzene rings is 2. The number of carbonyl (C=O) groups is 2. The minimum absolute atomic E-state index is 0.0300. The predicted molar refractivity (Wildman–Crippen MR) is 97.8 cm³/mol. The first-order chi connectivity index (χ1) is 12.2. The molecule has 3 rings (SSSR count). The lowest BCUT2D eigenvalue weighted by atomic mass is 10.1. The Balaban J connectivity index is 1.56. The van der Waals surface area contributed by atoms with Crippen LogP contribution in [0.5, 0.6) is 5.75 Å². The van der Waals surface area contributed by atoms with Crippen molar-refractivity contribution in [3.63, 3.8) is 0 Å². The molecule has 0 unspecified atom stereocenters. The third kappa shape index (κ3) is 4.38. The van der Waals surface area contributed by atoms with E-state index in [-0.39, 0.29) is 18.2 Å². The Morgan fingerprint density at radius 3 is 2.68 bits per heavy atom. The zero-order chi connectivity index (χ0) is 17.6. The fraction of sp³-hybridized carbons (Fsp3) is 0.300. The number of carbonyl (C=O) groups excluding carboxylic acids is 2.